The number of hydrogen-bond acceptors (Lipinski definition) is 4. The summed E-state index contributed by atoms with van der Waals surface area (Å²) in [4.78, 5) is 18.1. The quantitative estimate of drug-likeness (QED) is 0.689. The second-order valence-corrected chi connectivity index (χ2v) is 3.81. The van der Waals surface area contributed by atoms with E-state index < -0.39 is 0 Å². The SMILES string of the molecule is Cc1ccc(-c2noc3nc[nH]c(=O)c23)cc1. The molecule has 0 atom stereocenters. The van der Waals surface area contributed by atoms with Crippen LogP contribution in [0.1, 0.15) is 5.56 Å². The van der Waals surface area contributed by atoms with Crippen molar-refractivity contribution in [3.05, 3.63) is 46.5 Å². The lowest BCUT2D eigenvalue weighted by Crippen LogP contribution is -2.05. The molecule has 0 unspecified atom stereocenters. The minimum atomic E-state index is -0.244. The van der Waals surface area contributed by atoms with Gasteiger partial charge in [-0.05, 0) is 6.92 Å². The van der Waals surface area contributed by atoms with Gasteiger partial charge in [-0.15, -0.1) is 0 Å². The monoisotopic (exact) mass is 227 g/mol. The first kappa shape index (κ1) is 9.77. The summed E-state index contributed by atoms with van der Waals surface area (Å²) in [5, 5.41) is 4.28. The topological polar surface area (TPSA) is 71.8 Å². The number of nitrogens with zero attached hydrogens (tertiary/aromatic N) is 2. The summed E-state index contributed by atoms with van der Waals surface area (Å²) >= 11 is 0. The second kappa shape index (κ2) is 3.55. The highest BCUT2D eigenvalue weighted by Crippen LogP contribution is 2.23. The maximum absolute atomic E-state index is 11.7. The van der Waals surface area contributed by atoms with Gasteiger partial charge in [-0.25, -0.2) is 4.98 Å². The molecule has 0 aliphatic rings. The third-order valence-electron chi connectivity index (χ3n) is 2.60. The van der Waals surface area contributed by atoms with Gasteiger partial charge >= 0.3 is 0 Å². The zero-order chi connectivity index (χ0) is 11.8. The van der Waals surface area contributed by atoms with Gasteiger partial charge in [0.25, 0.3) is 11.3 Å². The van der Waals surface area contributed by atoms with Gasteiger partial charge in [0.15, 0.2) is 0 Å². The maximum atomic E-state index is 11.7. The van der Waals surface area contributed by atoms with Crippen molar-refractivity contribution < 1.29 is 4.52 Å². The van der Waals surface area contributed by atoms with Crippen LogP contribution in [0.4, 0.5) is 0 Å². The Hall–Kier alpha value is -2.43. The summed E-state index contributed by atoms with van der Waals surface area (Å²) in [5.41, 5.74) is 2.52. The van der Waals surface area contributed by atoms with Crippen LogP contribution in [-0.2, 0) is 0 Å². The molecule has 3 rings (SSSR count). The van der Waals surface area contributed by atoms with Crippen molar-refractivity contribution >= 4 is 11.1 Å². The number of benzene rings is 1. The Morgan fingerprint density at radius 3 is 2.76 bits per heavy atom. The number of aromatic amines is 1. The molecule has 0 aliphatic heterocycles. The highest BCUT2D eigenvalue weighted by atomic mass is 16.5. The number of aryl methyl sites for hydroxylation is 1. The molecular weight excluding hydrogens is 218 g/mol. The van der Waals surface area contributed by atoms with Crippen LogP contribution in [0, 0.1) is 6.92 Å². The van der Waals surface area contributed by atoms with E-state index in [1.54, 1.807) is 0 Å². The van der Waals surface area contributed by atoms with E-state index in [-0.39, 0.29) is 11.3 Å². The van der Waals surface area contributed by atoms with Crippen molar-refractivity contribution in [2.45, 2.75) is 6.92 Å². The molecule has 0 spiro atoms. The van der Waals surface area contributed by atoms with E-state index in [0.717, 1.165) is 11.1 Å². The summed E-state index contributed by atoms with van der Waals surface area (Å²) in [6.45, 7) is 2.00. The van der Waals surface area contributed by atoms with E-state index in [4.69, 9.17) is 4.52 Å². The van der Waals surface area contributed by atoms with Gasteiger partial charge in [-0.1, -0.05) is 35.0 Å². The summed E-state index contributed by atoms with van der Waals surface area (Å²) in [7, 11) is 0. The summed E-state index contributed by atoms with van der Waals surface area (Å²) in [5.74, 6) is 0. The van der Waals surface area contributed by atoms with Crippen LogP contribution in [0.5, 0.6) is 0 Å². The normalized spacial score (nSPS) is 10.9. The Morgan fingerprint density at radius 1 is 1.24 bits per heavy atom. The molecular formula is C12H9N3O2. The molecule has 2 aromatic heterocycles. The molecule has 2 heterocycles. The molecule has 0 amide bonds. The van der Waals surface area contributed by atoms with Gasteiger partial charge < -0.3 is 9.51 Å². The third-order valence-corrected chi connectivity index (χ3v) is 2.60. The van der Waals surface area contributed by atoms with Crippen LogP contribution in [0.25, 0.3) is 22.4 Å². The molecule has 0 bridgehead atoms. The number of fused-ring (bicyclic) bond motifs is 1. The van der Waals surface area contributed by atoms with Gasteiger partial charge in [0.1, 0.15) is 11.1 Å². The standard InChI is InChI=1S/C12H9N3O2/c1-7-2-4-8(5-3-7)10-9-11(16)13-6-14-12(9)17-15-10/h2-6H,1H3,(H,13,14,16). The van der Waals surface area contributed by atoms with Crippen molar-refractivity contribution in [1.82, 2.24) is 15.1 Å². The lowest BCUT2D eigenvalue weighted by molar-refractivity contribution is 0.451. The van der Waals surface area contributed by atoms with Crippen molar-refractivity contribution in [2.24, 2.45) is 0 Å². The summed E-state index contributed by atoms with van der Waals surface area (Å²) in [6.07, 6.45) is 1.30. The number of nitrogens with one attached hydrogen (secondary N) is 1. The van der Waals surface area contributed by atoms with Crippen LogP contribution in [0.2, 0.25) is 0 Å². The third kappa shape index (κ3) is 1.52. The predicted octanol–water partition coefficient (Wildman–Crippen LogP) is 1.89. The zero-order valence-corrected chi connectivity index (χ0v) is 9.10. The van der Waals surface area contributed by atoms with E-state index in [2.05, 4.69) is 15.1 Å². The van der Waals surface area contributed by atoms with E-state index in [0.29, 0.717) is 11.1 Å². The minimum absolute atomic E-state index is 0.244. The summed E-state index contributed by atoms with van der Waals surface area (Å²) < 4.78 is 5.03. The van der Waals surface area contributed by atoms with Gasteiger partial charge in [0.2, 0.25) is 0 Å². The molecule has 17 heavy (non-hydrogen) atoms. The predicted molar refractivity (Wildman–Crippen MR) is 62.6 cm³/mol. The van der Waals surface area contributed by atoms with Gasteiger partial charge in [0, 0.05) is 5.56 Å². The van der Waals surface area contributed by atoms with Gasteiger partial charge in [-0.2, -0.15) is 0 Å². The molecule has 0 radical (unpaired) electrons. The van der Waals surface area contributed by atoms with Crippen LogP contribution in [0.15, 0.2) is 39.9 Å². The lowest BCUT2D eigenvalue weighted by Gasteiger charge is -1.96. The largest absolute Gasteiger partial charge is 0.335 e. The van der Waals surface area contributed by atoms with Gasteiger partial charge in [0.05, 0.1) is 6.33 Å². The fourth-order valence-corrected chi connectivity index (χ4v) is 1.70. The van der Waals surface area contributed by atoms with Crippen LogP contribution in [0.3, 0.4) is 0 Å². The van der Waals surface area contributed by atoms with E-state index in [9.17, 15) is 4.79 Å². The molecule has 5 heteroatoms. The highest BCUT2D eigenvalue weighted by molar-refractivity contribution is 5.88. The lowest BCUT2D eigenvalue weighted by atomic mass is 10.1. The second-order valence-electron chi connectivity index (χ2n) is 3.81. The fourth-order valence-electron chi connectivity index (χ4n) is 1.70. The number of hydrogen-bond donors (Lipinski definition) is 1. The molecule has 0 aliphatic carbocycles. The Bertz CT molecular complexity index is 725. The van der Waals surface area contributed by atoms with E-state index in [1.165, 1.54) is 6.33 Å². The van der Waals surface area contributed by atoms with E-state index >= 15 is 0 Å². The molecule has 5 nitrogen and oxygen atoms in total. The number of rotatable bonds is 1. The van der Waals surface area contributed by atoms with Crippen LogP contribution >= 0.6 is 0 Å². The molecule has 84 valence electrons. The molecule has 0 saturated carbocycles. The smallest absolute Gasteiger partial charge is 0.265 e. The number of H-pyrrole nitrogens is 1. The van der Waals surface area contributed by atoms with Crippen molar-refractivity contribution in [3.8, 4) is 11.3 Å². The average Bonchev–Trinajstić information content (AvgIpc) is 2.75. The Kier molecular flexibility index (Phi) is 2.04. The van der Waals surface area contributed by atoms with Crippen molar-refractivity contribution in [2.75, 3.05) is 0 Å². The highest BCUT2D eigenvalue weighted by Gasteiger charge is 2.14. The Balaban J connectivity index is 2.31. The molecule has 0 fully saturated rings. The summed E-state index contributed by atoms with van der Waals surface area (Å²) in [6, 6.07) is 7.72. The van der Waals surface area contributed by atoms with Gasteiger partial charge in [-0.3, -0.25) is 4.79 Å². The average molecular weight is 227 g/mol. The van der Waals surface area contributed by atoms with Crippen molar-refractivity contribution in [3.63, 3.8) is 0 Å². The Labute approximate surface area is 96.1 Å². The molecule has 3 aromatic rings. The van der Waals surface area contributed by atoms with Crippen LogP contribution in [-0.4, -0.2) is 15.1 Å². The minimum Gasteiger partial charge on any atom is -0.335 e. The maximum Gasteiger partial charge on any atom is 0.265 e. The molecule has 0 saturated heterocycles. The van der Waals surface area contributed by atoms with Crippen LogP contribution < -0.4 is 5.56 Å². The zero-order valence-electron chi connectivity index (χ0n) is 9.10. The molecule has 1 N–H and O–H groups in total. The first-order valence-corrected chi connectivity index (χ1v) is 5.16. The molecule has 1 aromatic carbocycles. The Morgan fingerprint density at radius 2 is 2.00 bits per heavy atom. The fraction of sp³-hybridized carbons (Fsp3) is 0.0833. The van der Waals surface area contributed by atoms with Crippen molar-refractivity contribution in [1.29, 1.82) is 0 Å². The first-order chi connectivity index (χ1) is 8.25. The number of aromatic nitrogens is 3. The van der Waals surface area contributed by atoms with E-state index in [1.807, 2.05) is 31.2 Å². The first-order valence-electron chi connectivity index (χ1n) is 5.16.